The van der Waals surface area contributed by atoms with E-state index < -0.39 is 47.9 Å². The number of nitrogens with one attached hydrogen (secondary N) is 2. The number of carbonyl (C=O) groups excluding carboxylic acids is 9. The van der Waals surface area contributed by atoms with Crippen LogP contribution in [0.2, 0.25) is 0 Å². The molecule has 1 spiro atoms. The molecule has 2 aromatic heterocycles. The van der Waals surface area contributed by atoms with Gasteiger partial charge in [-0.1, -0.05) is 79.7 Å². The number of ketones is 3. The number of aliphatic hydroxyl groups excluding tert-OH is 1. The number of carbonyl (C=O) groups is 9. The molecule has 570 valence electrons. The molecule has 6 aliphatic rings. The first-order valence-electron chi connectivity index (χ1n) is 37.3. The number of Topliss-reactive ketones (excluding diaryl/α,β-unsaturated/α-hetero) is 3. The Labute approximate surface area is 632 Å². The summed E-state index contributed by atoms with van der Waals surface area (Å²) in [7, 11) is 4.60. The molecule has 26 heteroatoms. The molecule has 7 aromatic rings. The van der Waals surface area contributed by atoms with E-state index in [9.17, 15) is 48.3 Å². The highest BCUT2D eigenvalue weighted by Gasteiger charge is 2.58. The molecule has 5 aromatic carbocycles. The lowest BCUT2D eigenvalue weighted by molar-refractivity contribution is -0.133. The number of nitrogens with zero attached hydrogens (tertiary/aromatic N) is 8. The summed E-state index contributed by atoms with van der Waals surface area (Å²) in [5.74, 6) is -1.94. The number of rotatable bonds is 29. The zero-order chi connectivity index (χ0) is 76.9. The molecule has 6 amide bonds. The highest BCUT2D eigenvalue weighted by atomic mass is 16.6. The third kappa shape index (κ3) is 16.4. The first-order chi connectivity index (χ1) is 52.5. The molecule has 1 saturated carbocycles. The summed E-state index contributed by atoms with van der Waals surface area (Å²) in [5, 5.41) is 26.6. The van der Waals surface area contributed by atoms with E-state index in [4.69, 9.17) is 28.4 Å². The number of pyridine rings is 1. The van der Waals surface area contributed by atoms with Gasteiger partial charge in [-0.3, -0.25) is 43.3 Å². The summed E-state index contributed by atoms with van der Waals surface area (Å²) < 4.78 is 37.2. The van der Waals surface area contributed by atoms with Crippen molar-refractivity contribution in [2.45, 2.75) is 162 Å². The van der Waals surface area contributed by atoms with Crippen molar-refractivity contribution in [1.82, 2.24) is 40.4 Å². The highest BCUT2D eigenvalue weighted by Crippen LogP contribution is 2.57. The molecule has 1 aliphatic carbocycles. The van der Waals surface area contributed by atoms with E-state index in [2.05, 4.69) is 25.9 Å². The van der Waals surface area contributed by atoms with Gasteiger partial charge in [-0.05, 0) is 141 Å². The maximum absolute atomic E-state index is 14.5. The van der Waals surface area contributed by atoms with E-state index in [-0.39, 0.29) is 147 Å². The minimum absolute atomic E-state index is 0.00305. The summed E-state index contributed by atoms with van der Waals surface area (Å²) in [6.45, 7) is 9.36. The first kappa shape index (κ1) is 75.9. The molecule has 0 radical (unpaired) electrons. The van der Waals surface area contributed by atoms with Crippen LogP contribution in [0, 0.1) is 17.3 Å². The number of fused-ring (bicyclic) bond motifs is 9. The smallest absolute Gasteiger partial charge is 0.416 e. The van der Waals surface area contributed by atoms with Crippen molar-refractivity contribution in [2.24, 2.45) is 17.3 Å². The van der Waals surface area contributed by atoms with E-state index in [1.54, 1.807) is 55.9 Å². The number of para-hydroxylation sites is 1. The third-order valence-corrected chi connectivity index (χ3v) is 21.7. The Morgan fingerprint density at radius 1 is 0.716 bits per heavy atom. The zero-order valence-electron chi connectivity index (χ0n) is 62.7. The van der Waals surface area contributed by atoms with Crippen LogP contribution in [0.15, 0.2) is 122 Å². The number of aryl methyl sites for hydroxylation is 1. The van der Waals surface area contributed by atoms with Gasteiger partial charge in [-0.2, -0.15) is 0 Å². The number of methoxy groups -OCH3 is 3. The number of anilines is 2. The normalized spacial score (nSPS) is 17.7. The van der Waals surface area contributed by atoms with Crippen LogP contribution in [0.4, 0.5) is 16.2 Å². The van der Waals surface area contributed by atoms with Gasteiger partial charge >= 0.3 is 6.09 Å². The summed E-state index contributed by atoms with van der Waals surface area (Å²) >= 11 is 0. The van der Waals surface area contributed by atoms with Crippen LogP contribution >= 0.6 is 0 Å². The van der Waals surface area contributed by atoms with E-state index in [1.165, 1.54) is 32.5 Å². The number of hydrogen-bond donors (Lipinski definition) is 3. The fraction of sp³-hybridized carbons (Fsp3) is 0.422. The van der Waals surface area contributed by atoms with Crippen LogP contribution in [0.25, 0.3) is 28.1 Å². The molecule has 0 bridgehead atoms. The van der Waals surface area contributed by atoms with Crippen LogP contribution in [0.3, 0.4) is 0 Å². The molecule has 5 atom stereocenters. The second-order valence-electron chi connectivity index (χ2n) is 29.7. The number of benzene rings is 5. The molecule has 3 N–H and O–H groups in total. The predicted molar refractivity (Wildman–Crippen MR) is 403 cm³/mol. The van der Waals surface area contributed by atoms with Gasteiger partial charge < -0.3 is 58.9 Å². The molecule has 26 nitrogen and oxygen atoms in total. The summed E-state index contributed by atoms with van der Waals surface area (Å²) in [6.07, 6.45) is 4.84. The Morgan fingerprint density at radius 3 is 2.12 bits per heavy atom. The molecule has 2 fully saturated rings. The third-order valence-electron chi connectivity index (χ3n) is 21.7. The topological polar surface area (TPSA) is 310 Å². The van der Waals surface area contributed by atoms with Crippen LogP contribution in [0.5, 0.6) is 28.7 Å². The van der Waals surface area contributed by atoms with Gasteiger partial charge in [0.15, 0.2) is 40.8 Å². The monoisotopic (exact) mass is 1480 g/mol. The lowest BCUT2D eigenvalue weighted by atomic mass is 9.89. The number of hydrogen-bond acceptors (Lipinski definition) is 19. The van der Waals surface area contributed by atoms with Gasteiger partial charge in [-0.25, -0.2) is 14.4 Å². The van der Waals surface area contributed by atoms with Crippen molar-refractivity contribution in [1.29, 1.82) is 0 Å². The summed E-state index contributed by atoms with van der Waals surface area (Å²) in [6, 6.07) is 31.3. The number of aromatic nitrogens is 4. The second kappa shape index (κ2) is 32.7. The standard InChI is InChI=1S/C83H92N10O16/c1-48(2)63(37-59(95)43-85-74(97)28-24-58(94)25-29-75(98)90-44-54-14-9-10-15-61(54)76-77(93(49(3)4)88-87-76)62-16-11-12-17-66(62)90)78(99)86-50(5)69(96)34-51-18-22-56(84-42-51)46-109-82(103)92-67-40-73(71(106-8)39-65(67)80(101)91-47-83(30-31-83)41-68(91)81(92)102)108-33-13-32-107-72-36-53-19-23-57-35-55(52-20-26-60(104-6)27-21-52)45-89(57)79(100)64(53)38-70(72)105-7/h9-12,14-18,20-22,26-27,36,38-40,42,45,48-50,57,63,68,81,102H,13,19,23-25,28-35,37,41,43-44,46-47H2,1-8H3,(H,85,97)(H,86,99)/t50-,57+,63-,68-,81?/m0/s1. The molecule has 1 saturated heterocycles. The van der Waals surface area contributed by atoms with Crippen molar-refractivity contribution in [3.05, 3.63) is 161 Å². The van der Waals surface area contributed by atoms with Crippen LogP contribution in [0.1, 0.15) is 160 Å². The fourth-order valence-corrected chi connectivity index (χ4v) is 15.3. The van der Waals surface area contributed by atoms with Crippen molar-refractivity contribution >= 4 is 69.9 Å². The quantitative estimate of drug-likeness (QED) is 0.0367. The maximum atomic E-state index is 14.5. The van der Waals surface area contributed by atoms with E-state index in [0.717, 1.165) is 81.1 Å². The largest absolute Gasteiger partial charge is 0.497 e. The fourth-order valence-electron chi connectivity index (χ4n) is 15.3. The Morgan fingerprint density at radius 2 is 1.42 bits per heavy atom. The van der Waals surface area contributed by atoms with Gasteiger partial charge in [-0.15, -0.1) is 5.10 Å². The molecule has 13 rings (SSSR count). The number of aliphatic hydroxyl groups is 1. The van der Waals surface area contributed by atoms with Crippen molar-refractivity contribution in [3.63, 3.8) is 0 Å². The first-order valence-corrected chi connectivity index (χ1v) is 37.3. The Bertz CT molecular complexity index is 4700. The minimum atomic E-state index is -1.50. The summed E-state index contributed by atoms with van der Waals surface area (Å²) in [5.41, 5.74) is 9.08. The summed E-state index contributed by atoms with van der Waals surface area (Å²) in [4.78, 5) is 135. The molecule has 109 heavy (non-hydrogen) atoms. The molecular weight excluding hydrogens is 1390 g/mol. The average molecular weight is 1490 g/mol. The van der Waals surface area contributed by atoms with Crippen LogP contribution < -0.4 is 44.1 Å². The number of amides is 6. The van der Waals surface area contributed by atoms with Gasteiger partial charge in [0.05, 0.1) is 88.0 Å². The van der Waals surface area contributed by atoms with E-state index >= 15 is 0 Å². The van der Waals surface area contributed by atoms with E-state index in [1.807, 2.05) is 108 Å². The Hall–Kier alpha value is -11.3. The maximum Gasteiger partial charge on any atom is 0.416 e. The molecule has 7 heterocycles. The SMILES string of the molecule is COc1ccc(C2=CN3C(=O)c4cc(OC)c(OCCCOc5cc6c(cc5OC)C(=O)N5CC7(CC7)C[C@H]5C(O)N6C(=O)OCc5ccc(CC(=O)[C@H](C)NC(=O)[C@@H](CC(=O)CNC(=O)CCC(=O)CCC(=O)N6Cc7ccccc7-c7nnn(C(C)C)c7-c7ccccc76)C(C)C)cn5)cc4CC[C@@H]3C2)cc1. The van der Waals surface area contributed by atoms with Crippen LogP contribution in [-0.4, -0.2) is 160 Å². The van der Waals surface area contributed by atoms with E-state index in [0.29, 0.717) is 59.8 Å². The Balaban J connectivity index is 0.569. The lowest BCUT2D eigenvalue weighted by Crippen LogP contribution is -2.50. The van der Waals surface area contributed by atoms with Gasteiger partial charge in [0.1, 0.15) is 23.8 Å². The van der Waals surface area contributed by atoms with Gasteiger partial charge in [0.2, 0.25) is 17.7 Å². The van der Waals surface area contributed by atoms with Crippen molar-refractivity contribution < 1.29 is 76.7 Å². The predicted octanol–water partition coefficient (Wildman–Crippen LogP) is 10.8. The van der Waals surface area contributed by atoms with Crippen molar-refractivity contribution in [3.8, 4) is 51.3 Å². The lowest BCUT2D eigenvalue weighted by Gasteiger charge is -2.31. The molecular formula is C83H92N10O16. The highest BCUT2D eigenvalue weighted by molar-refractivity contribution is 6.07. The Kier molecular flexibility index (Phi) is 22.8. The molecule has 5 aliphatic heterocycles. The minimum Gasteiger partial charge on any atom is -0.497 e. The second-order valence-corrected chi connectivity index (χ2v) is 29.7. The van der Waals surface area contributed by atoms with Gasteiger partial charge in [0, 0.05) is 105 Å². The molecule has 1 unspecified atom stereocenters. The zero-order valence-corrected chi connectivity index (χ0v) is 62.7. The van der Waals surface area contributed by atoms with Crippen LogP contribution in [-0.2, 0) is 59.5 Å². The average Bonchev–Trinajstić information content (AvgIpc) is 1.58. The van der Waals surface area contributed by atoms with Crippen molar-refractivity contribution in [2.75, 3.05) is 57.4 Å². The number of ether oxygens (including phenoxy) is 6. The van der Waals surface area contributed by atoms with Gasteiger partial charge in [0.25, 0.3) is 11.8 Å².